The first kappa shape index (κ1) is 23.8. The van der Waals surface area contributed by atoms with Crippen molar-refractivity contribution in [2.45, 2.75) is 35.3 Å². The molecule has 0 unspecified atom stereocenters. The van der Waals surface area contributed by atoms with Crippen molar-refractivity contribution in [1.29, 1.82) is 0 Å². The van der Waals surface area contributed by atoms with E-state index < -0.39 is 70.1 Å². The number of benzene rings is 1. The van der Waals surface area contributed by atoms with Crippen LogP contribution in [0.4, 0.5) is 57.1 Å². The second-order valence-electron chi connectivity index (χ2n) is 6.03. The largest absolute Gasteiger partial charge is 0.872 e. The lowest BCUT2D eigenvalue weighted by atomic mass is 9.70. The molecule has 0 N–H and O–H groups in total. The summed E-state index contributed by atoms with van der Waals surface area (Å²) in [5, 5.41) is 11.6. The van der Waals surface area contributed by atoms with E-state index >= 15 is 0 Å². The average molecular weight is 463 g/mol. The van der Waals surface area contributed by atoms with E-state index in [9.17, 15) is 67.0 Å². The van der Waals surface area contributed by atoms with Crippen LogP contribution in [-0.2, 0) is 4.79 Å². The molecule has 1 aliphatic carbocycles. The summed E-state index contributed by atoms with van der Waals surface area (Å²) in [6.07, 6.45) is -1.16. The maximum atomic E-state index is 14.4. The monoisotopic (exact) mass is 463 g/mol. The second kappa shape index (κ2) is 6.26. The third-order valence-corrected chi connectivity index (χ3v) is 4.25. The summed E-state index contributed by atoms with van der Waals surface area (Å²) in [7, 11) is 0. The van der Waals surface area contributed by atoms with Gasteiger partial charge in [0.1, 0.15) is 0 Å². The lowest BCUT2D eigenvalue weighted by Gasteiger charge is -2.51. The van der Waals surface area contributed by atoms with E-state index in [0.29, 0.717) is 6.07 Å². The number of carbonyl (C=O) groups is 1. The van der Waals surface area contributed by atoms with Gasteiger partial charge in [-0.2, -0.15) is 43.9 Å². The summed E-state index contributed by atoms with van der Waals surface area (Å²) < 4.78 is 174. The standard InChI is InChI=1S/C15H5F13O2/c16-6-2-1-5(3-7(6)17)8(29)4-9(30)10(18)11(19,20)13(23,24)15(27,28)14(25,26)12(10,21)22/h1-4,29H/p-1/b8-4-. The number of hydrogen-bond acceptors (Lipinski definition) is 2. The molecule has 1 aliphatic rings. The lowest BCUT2D eigenvalue weighted by Crippen LogP contribution is -2.85. The zero-order valence-corrected chi connectivity index (χ0v) is 13.5. The molecule has 0 atom stereocenters. The smallest absolute Gasteiger partial charge is 0.384 e. The van der Waals surface area contributed by atoms with Gasteiger partial charge < -0.3 is 5.11 Å². The number of hydrogen-bond donors (Lipinski definition) is 0. The Morgan fingerprint density at radius 1 is 0.700 bits per heavy atom. The van der Waals surface area contributed by atoms with E-state index in [1.165, 1.54) is 0 Å². The summed E-state index contributed by atoms with van der Waals surface area (Å²) >= 11 is 0. The predicted molar refractivity (Wildman–Crippen MR) is 67.9 cm³/mol. The third kappa shape index (κ3) is 2.49. The number of rotatable bonds is 3. The van der Waals surface area contributed by atoms with Crippen LogP contribution in [-0.4, -0.2) is 41.1 Å². The molecule has 0 aromatic heterocycles. The Bertz CT molecular complexity index is 889. The molecule has 1 aromatic rings. The fourth-order valence-corrected chi connectivity index (χ4v) is 2.48. The highest BCUT2D eigenvalue weighted by Crippen LogP contribution is 2.69. The minimum atomic E-state index is -7.52. The number of allylic oxidation sites excluding steroid dienone is 1. The molecule has 30 heavy (non-hydrogen) atoms. The van der Waals surface area contributed by atoms with E-state index in [1.54, 1.807) is 0 Å². The molecule has 0 saturated heterocycles. The lowest BCUT2D eigenvalue weighted by molar-refractivity contribution is -0.475. The molecule has 0 aliphatic heterocycles. The number of alkyl halides is 11. The predicted octanol–water partition coefficient (Wildman–Crippen LogP) is 4.13. The molecule has 1 fully saturated rings. The van der Waals surface area contributed by atoms with Crippen LogP contribution in [0.5, 0.6) is 0 Å². The molecule has 0 radical (unpaired) electrons. The molecule has 2 rings (SSSR count). The van der Waals surface area contributed by atoms with E-state index in [1.807, 2.05) is 0 Å². The van der Waals surface area contributed by atoms with Crippen molar-refractivity contribution in [1.82, 2.24) is 0 Å². The molecule has 0 bridgehead atoms. The van der Waals surface area contributed by atoms with Crippen molar-refractivity contribution in [3.63, 3.8) is 0 Å². The third-order valence-electron chi connectivity index (χ3n) is 4.25. The number of halogens is 13. The normalized spacial score (nSPS) is 25.6. The topological polar surface area (TPSA) is 40.1 Å². The van der Waals surface area contributed by atoms with Gasteiger partial charge in [0.05, 0.1) is 0 Å². The molecule has 1 aromatic carbocycles. The van der Waals surface area contributed by atoms with Gasteiger partial charge in [0, 0.05) is 0 Å². The summed E-state index contributed by atoms with van der Waals surface area (Å²) in [5.41, 5.74) is -8.24. The molecule has 1 saturated carbocycles. The maximum Gasteiger partial charge on any atom is 0.384 e. The van der Waals surface area contributed by atoms with Gasteiger partial charge in [0.15, 0.2) is 11.6 Å². The van der Waals surface area contributed by atoms with Crippen LogP contribution in [0.2, 0.25) is 0 Å². The molecular formula is C15H4F13O2-. The van der Waals surface area contributed by atoms with E-state index in [0.717, 1.165) is 0 Å². The molecule has 2 nitrogen and oxygen atoms in total. The molecular weight excluding hydrogens is 459 g/mol. The molecule has 15 heteroatoms. The average Bonchev–Trinajstić information content (AvgIpc) is 2.61. The van der Waals surface area contributed by atoms with Crippen LogP contribution in [0, 0.1) is 11.6 Å². The number of ketones is 1. The quantitative estimate of drug-likeness (QED) is 0.385. The van der Waals surface area contributed by atoms with Gasteiger partial charge in [-0.1, -0.05) is 11.8 Å². The second-order valence-corrected chi connectivity index (χ2v) is 6.03. The van der Waals surface area contributed by atoms with Gasteiger partial charge in [-0.15, -0.1) is 0 Å². The SMILES string of the molecule is O=C(/C=C(\[O-])c1ccc(F)c(F)c1)C1(F)C(F)(F)C(F)(F)C(F)(F)C(F)(F)C1(F)F. The molecule has 0 spiro atoms. The van der Waals surface area contributed by atoms with E-state index in [2.05, 4.69) is 0 Å². The van der Waals surface area contributed by atoms with Crippen molar-refractivity contribution >= 4 is 11.5 Å². The molecule has 0 amide bonds. The first-order valence-corrected chi connectivity index (χ1v) is 7.18. The Morgan fingerprint density at radius 3 is 1.50 bits per heavy atom. The van der Waals surface area contributed by atoms with Crippen LogP contribution in [0.15, 0.2) is 24.3 Å². The van der Waals surface area contributed by atoms with Crippen molar-refractivity contribution in [2.75, 3.05) is 0 Å². The molecule has 168 valence electrons. The summed E-state index contributed by atoms with van der Waals surface area (Å²) in [6, 6.07) is 0.406. The zero-order valence-electron chi connectivity index (χ0n) is 13.5. The van der Waals surface area contributed by atoms with Crippen LogP contribution in [0.3, 0.4) is 0 Å². The Morgan fingerprint density at radius 2 is 1.10 bits per heavy atom. The highest BCUT2D eigenvalue weighted by atomic mass is 19.4. The fourth-order valence-electron chi connectivity index (χ4n) is 2.48. The maximum absolute atomic E-state index is 14.4. The molecule has 0 heterocycles. The van der Waals surface area contributed by atoms with Crippen LogP contribution < -0.4 is 5.11 Å². The number of carbonyl (C=O) groups excluding carboxylic acids is 1. The summed E-state index contributed by atoms with van der Waals surface area (Å²) in [5.74, 6) is -46.8. The van der Waals surface area contributed by atoms with Gasteiger partial charge in [0.25, 0.3) is 0 Å². The van der Waals surface area contributed by atoms with Gasteiger partial charge >= 0.3 is 35.3 Å². The Hall–Kier alpha value is -2.48. The van der Waals surface area contributed by atoms with Crippen LogP contribution in [0.25, 0.3) is 5.76 Å². The zero-order chi connectivity index (χ0) is 23.7. The summed E-state index contributed by atoms with van der Waals surface area (Å²) in [4.78, 5) is 11.6. The van der Waals surface area contributed by atoms with E-state index in [4.69, 9.17) is 0 Å². The van der Waals surface area contributed by atoms with Crippen LogP contribution >= 0.6 is 0 Å². The van der Waals surface area contributed by atoms with Crippen LogP contribution in [0.1, 0.15) is 5.56 Å². The van der Waals surface area contributed by atoms with Crippen molar-refractivity contribution in [3.8, 4) is 0 Å². The van der Waals surface area contributed by atoms with Gasteiger partial charge in [-0.3, -0.25) is 4.79 Å². The van der Waals surface area contributed by atoms with E-state index in [-0.39, 0.29) is 12.1 Å². The minimum absolute atomic E-state index is 0.0686. The first-order valence-electron chi connectivity index (χ1n) is 7.18. The van der Waals surface area contributed by atoms with Gasteiger partial charge in [-0.05, 0) is 23.8 Å². The first-order chi connectivity index (χ1) is 13.2. The Kier molecular flexibility index (Phi) is 4.97. The van der Waals surface area contributed by atoms with Crippen molar-refractivity contribution in [2.24, 2.45) is 0 Å². The highest BCUT2D eigenvalue weighted by Gasteiger charge is 3.02. The van der Waals surface area contributed by atoms with Gasteiger partial charge in [-0.25, -0.2) is 13.2 Å². The minimum Gasteiger partial charge on any atom is -0.872 e. The highest BCUT2D eigenvalue weighted by molar-refractivity contribution is 6.03. The van der Waals surface area contributed by atoms with Gasteiger partial charge in [0.2, 0.25) is 5.78 Å². The summed E-state index contributed by atoms with van der Waals surface area (Å²) in [6.45, 7) is 0. The Balaban J connectivity index is 2.72. The fraction of sp³-hybridized carbons (Fsp3) is 0.400. The Labute approximate surface area is 156 Å². The van der Waals surface area contributed by atoms with Crippen molar-refractivity contribution in [3.05, 3.63) is 41.5 Å². The van der Waals surface area contributed by atoms with Crippen molar-refractivity contribution < 1.29 is 67.0 Å².